The molecule has 0 saturated heterocycles. The zero-order valence-corrected chi connectivity index (χ0v) is 12.5. The molecule has 0 aliphatic heterocycles. The lowest BCUT2D eigenvalue weighted by atomic mass is 9.99. The van der Waals surface area contributed by atoms with E-state index in [-0.39, 0.29) is 6.04 Å². The molecule has 0 aliphatic rings. The normalized spacial score (nSPS) is 12.4. The molecule has 0 aliphatic carbocycles. The minimum atomic E-state index is 0.209. The number of nitrogens with one attached hydrogen (secondary N) is 1. The van der Waals surface area contributed by atoms with Crippen LogP contribution in [0.1, 0.15) is 29.7 Å². The maximum absolute atomic E-state index is 4.32. The molecule has 3 heteroatoms. The van der Waals surface area contributed by atoms with Crippen molar-refractivity contribution in [3.63, 3.8) is 0 Å². The fourth-order valence-corrected chi connectivity index (χ4v) is 2.89. The molecule has 1 aromatic carbocycles. The zero-order valence-electron chi connectivity index (χ0n) is 11.7. The molecule has 100 valence electrons. The van der Waals surface area contributed by atoms with Crippen molar-refractivity contribution in [2.45, 2.75) is 24.8 Å². The van der Waals surface area contributed by atoms with Crippen LogP contribution in [0.4, 0.5) is 0 Å². The molecular formula is C16H20N2S. The van der Waals surface area contributed by atoms with Crippen LogP contribution < -0.4 is 5.32 Å². The molecule has 19 heavy (non-hydrogen) atoms. The van der Waals surface area contributed by atoms with Gasteiger partial charge < -0.3 is 5.32 Å². The van der Waals surface area contributed by atoms with Crippen LogP contribution in [0.3, 0.4) is 0 Å². The van der Waals surface area contributed by atoms with Gasteiger partial charge >= 0.3 is 0 Å². The van der Waals surface area contributed by atoms with Gasteiger partial charge in [-0.05, 0) is 42.5 Å². The van der Waals surface area contributed by atoms with E-state index in [1.54, 1.807) is 11.8 Å². The number of hydrogen-bond acceptors (Lipinski definition) is 3. The first-order valence-electron chi connectivity index (χ1n) is 6.54. The van der Waals surface area contributed by atoms with Gasteiger partial charge in [-0.25, -0.2) is 0 Å². The third kappa shape index (κ3) is 3.37. The van der Waals surface area contributed by atoms with Crippen molar-refractivity contribution in [3.05, 3.63) is 59.4 Å². The van der Waals surface area contributed by atoms with Crippen LogP contribution in [0.25, 0.3) is 0 Å². The highest BCUT2D eigenvalue weighted by Crippen LogP contribution is 2.30. The predicted octanol–water partition coefficient (Wildman–Crippen LogP) is 3.81. The Balaban J connectivity index is 2.45. The van der Waals surface area contributed by atoms with Crippen molar-refractivity contribution in [2.75, 3.05) is 12.8 Å². The number of thioether (sulfide) groups is 1. The van der Waals surface area contributed by atoms with Gasteiger partial charge in [0.25, 0.3) is 0 Å². The van der Waals surface area contributed by atoms with E-state index in [1.807, 2.05) is 12.4 Å². The highest BCUT2D eigenvalue weighted by Gasteiger charge is 2.16. The van der Waals surface area contributed by atoms with Gasteiger partial charge in [0.2, 0.25) is 0 Å². The third-order valence-corrected chi connectivity index (χ3v) is 3.90. The molecule has 0 bridgehead atoms. The number of pyridine rings is 1. The van der Waals surface area contributed by atoms with Crippen LogP contribution >= 0.6 is 11.8 Å². The van der Waals surface area contributed by atoms with Gasteiger partial charge in [0.05, 0.1) is 6.04 Å². The molecule has 2 rings (SSSR count). The summed E-state index contributed by atoms with van der Waals surface area (Å²) in [7, 11) is 0. The van der Waals surface area contributed by atoms with Gasteiger partial charge in [-0.1, -0.05) is 31.2 Å². The molecule has 0 radical (unpaired) electrons. The molecule has 2 aromatic rings. The van der Waals surface area contributed by atoms with Gasteiger partial charge in [0.1, 0.15) is 0 Å². The maximum Gasteiger partial charge on any atom is 0.0603 e. The first-order valence-corrected chi connectivity index (χ1v) is 7.76. The van der Waals surface area contributed by atoms with Crippen LogP contribution in [-0.4, -0.2) is 17.8 Å². The molecule has 1 heterocycles. The highest BCUT2D eigenvalue weighted by molar-refractivity contribution is 7.98. The van der Waals surface area contributed by atoms with Crippen molar-refractivity contribution in [1.82, 2.24) is 10.3 Å². The number of aromatic nitrogens is 1. The second kappa shape index (κ2) is 6.73. The van der Waals surface area contributed by atoms with Crippen LogP contribution in [0.15, 0.2) is 47.6 Å². The van der Waals surface area contributed by atoms with E-state index < -0.39 is 0 Å². The van der Waals surface area contributed by atoms with E-state index in [9.17, 15) is 0 Å². The fourth-order valence-electron chi connectivity index (χ4n) is 2.25. The lowest BCUT2D eigenvalue weighted by Crippen LogP contribution is -2.22. The number of hydrogen-bond donors (Lipinski definition) is 1. The van der Waals surface area contributed by atoms with Crippen LogP contribution in [-0.2, 0) is 0 Å². The summed E-state index contributed by atoms with van der Waals surface area (Å²) in [6, 6.07) is 11.0. The SMILES string of the molecule is CCNC(c1cncc(C)c1)c1ccccc1SC. The van der Waals surface area contributed by atoms with E-state index in [4.69, 9.17) is 0 Å². The summed E-state index contributed by atoms with van der Waals surface area (Å²) in [4.78, 5) is 5.64. The maximum atomic E-state index is 4.32. The van der Waals surface area contributed by atoms with E-state index in [0.29, 0.717) is 0 Å². The fraction of sp³-hybridized carbons (Fsp3) is 0.312. The van der Waals surface area contributed by atoms with Gasteiger partial charge in [-0.3, -0.25) is 4.98 Å². The Bertz CT molecular complexity index is 540. The monoisotopic (exact) mass is 272 g/mol. The standard InChI is InChI=1S/C16H20N2S/c1-4-18-16(13-9-12(2)10-17-11-13)14-7-5-6-8-15(14)19-3/h5-11,16,18H,4H2,1-3H3. The van der Waals surface area contributed by atoms with E-state index >= 15 is 0 Å². The summed E-state index contributed by atoms with van der Waals surface area (Å²) < 4.78 is 0. The predicted molar refractivity (Wildman–Crippen MR) is 82.7 cm³/mol. The van der Waals surface area contributed by atoms with E-state index in [1.165, 1.54) is 21.6 Å². The summed E-state index contributed by atoms with van der Waals surface area (Å²) in [6.45, 7) is 5.15. The molecule has 1 N–H and O–H groups in total. The Kier molecular flexibility index (Phi) is 5.00. The summed E-state index contributed by atoms with van der Waals surface area (Å²) >= 11 is 1.79. The zero-order chi connectivity index (χ0) is 13.7. The first kappa shape index (κ1) is 14.1. The Labute approximate surface area is 119 Å². The van der Waals surface area contributed by atoms with Crippen molar-refractivity contribution >= 4 is 11.8 Å². The van der Waals surface area contributed by atoms with Gasteiger partial charge in [0, 0.05) is 17.3 Å². The molecule has 0 saturated carbocycles. The minimum absolute atomic E-state index is 0.209. The van der Waals surface area contributed by atoms with E-state index in [0.717, 1.165) is 6.54 Å². The lowest BCUT2D eigenvalue weighted by molar-refractivity contribution is 0.620. The van der Waals surface area contributed by atoms with E-state index in [2.05, 4.69) is 60.7 Å². The van der Waals surface area contributed by atoms with Crippen molar-refractivity contribution in [1.29, 1.82) is 0 Å². The molecule has 1 unspecified atom stereocenters. The van der Waals surface area contributed by atoms with Gasteiger partial charge in [-0.15, -0.1) is 11.8 Å². The third-order valence-electron chi connectivity index (χ3n) is 3.09. The quantitative estimate of drug-likeness (QED) is 0.838. The number of nitrogens with zero attached hydrogens (tertiary/aromatic N) is 1. The summed E-state index contributed by atoms with van der Waals surface area (Å²) in [5, 5.41) is 3.56. The second-order valence-corrected chi connectivity index (χ2v) is 5.38. The highest BCUT2D eigenvalue weighted by atomic mass is 32.2. The number of benzene rings is 1. The number of aryl methyl sites for hydroxylation is 1. The minimum Gasteiger partial charge on any atom is -0.306 e. The molecule has 2 nitrogen and oxygen atoms in total. The van der Waals surface area contributed by atoms with Crippen LogP contribution in [0.5, 0.6) is 0 Å². The van der Waals surface area contributed by atoms with Crippen molar-refractivity contribution in [2.24, 2.45) is 0 Å². The Morgan fingerprint density at radius 2 is 2.05 bits per heavy atom. The van der Waals surface area contributed by atoms with Gasteiger partial charge in [-0.2, -0.15) is 0 Å². The van der Waals surface area contributed by atoms with Crippen LogP contribution in [0, 0.1) is 6.92 Å². The van der Waals surface area contributed by atoms with Crippen LogP contribution in [0.2, 0.25) is 0 Å². The summed E-state index contributed by atoms with van der Waals surface area (Å²) in [5.74, 6) is 0. The Morgan fingerprint density at radius 3 is 2.74 bits per heavy atom. The average Bonchev–Trinajstić information content (AvgIpc) is 2.45. The molecule has 1 atom stereocenters. The molecule has 0 fully saturated rings. The van der Waals surface area contributed by atoms with Crippen molar-refractivity contribution in [3.8, 4) is 0 Å². The molecule has 0 spiro atoms. The largest absolute Gasteiger partial charge is 0.306 e. The summed E-state index contributed by atoms with van der Waals surface area (Å²) in [5.41, 5.74) is 3.75. The molecular weight excluding hydrogens is 252 g/mol. The molecule has 1 aromatic heterocycles. The molecule has 0 amide bonds. The number of rotatable bonds is 5. The smallest absolute Gasteiger partial charge is 0.0603 e. The average molecular weight is 272 g/mol. The topological polar surface area (TPSA) is 24.9 Å². The first-order chi connectivity index (χ1) is 9.26. The summed E-state index contributed by atoms with van der Waals surface area (Å²) in [6.07, 6.45) is 5.97. The Hall–Kier alpha value is -1.32. The second-order valence-electron chi connectivity index (χ2n) is 4.53. The van der Waals surface area contributed by atoms with Crippen molar-refractivity contribution < 1.29 is 0 Å². The lowest BCUT2D eigenvalue weighted by Gasteiger charge is -2.21. The Morgan fingerprint density at radius 1 is 1.26 bits per heavy atom. The van der Waals surface area contributed by atoms with Gasteiger partial charge in [0.15, 0.2) is 0 Å².